The number of hydrogen-bond acceptors (Lipinski definition) is 3. The van der Waals surface area contributed by atoms with Crippen molar-refractivity contribution >= 4 is 5.97 Å². The lowest BCUT2D eigenvalue weighted by atomic mass is 10.7. The summed E-state index contributed by atoms with van der Waals surface area (Å²) >= 11 is 0. The minimum Gasteiger partial charge on any atom is -0.406 e. The largest absolute Gasteiger partial charge is 0.406 e. The Balaban J connectivity index is 2.70. The van der Waals surface area contributed by atoms with Gasteiger partial charge in [0.25, 0.3) is 0 Å². The molecule has 4 nitrogen and oxygen atoms in total. The van der Waals surface area contributed by atoms with Crippen molar-refractivity contribution in [3.8, 4) is 5.88 Å². The normalized spacial score (nSPS) is 10.3. The summed E-state index contributed by atoms with van der Waals surface area (Å²) in [5, 5.41) is 3.27. The second-order valence-electron chi connectivity index (χ2n) is 2.01. The molecule has 0 aliphatic heterocycles. The van der Waals surface area contributed by atoms with E-state index in [2.05, 4.69) is 9.84 Å². The minimum atomic E-state index is -2.71. The average molecular weight is 176 g/mol. The quantitative estimate of drug-likeness (QED) is 0.636. The van der Waals surface area contributed by atoms with Crippen LogP contribution in [0, 0.1) is 0 Å². The lowest BCUT2D eigenvalue weighted by Gasteiger charge is -1.96. The molecule has 0 N–H and O–H groups in total. The van der Waals surface area contributed by atoms with Crippen LogP contribution in [-0.2, 0) is 4.79 Å². The highest BCUT2D eigenvalue weighted by Gasteiger charge is 2.08. The molecular formula is C6H6F2N2O2. The second-order valence-corrected chi connectivity index (χ2v) is 2.01. The van der Waals surface area contributed by atoms with Crippen LogP contribution in [0.25, 0.3) is 0 Å². The average Bonchev–Trinajstić information content (AvgIpc) is 2.34. The van der Waals surface area contributed by atoms with Crippen molar-refractivity contribution in [3.63, 3.8) is 0 Å². The monoisotopic (exact) mass is 176 g/mol. The Morgan fingerprint density at radius 1 is 1.75 bits per heavy atom. The molecule has 1 heterocycles. The summed E-state index contributed by atoms with van der Waals surface area (Å²) < 4.78 is 28.6. The van der Waals surface area contributed by atoms with Crippen molar-refractivity contribution in [1.29, 1.82) is 0 Å². The molecule has 0 aliphatic carbocycles. The van der Waals surface area contributed by atoms with Gasteiger partial charge in [0.05, 0.1) is 0 Å². The van der Waals surface area contributed by atoms with Gasteiger partial charge in [-0.05, 0) is 0 Å². The van der Waals surface area contributed by atoms with Gasteiger partial charge in [0.1, 0.15) is 0 Å². The highest BCUT2D eigenvalue weighted by Crippen LogP contribution is 2.12. The van der Waals surface area contributed by atoms with Crippen LogP contribution < -0.4 is 4.74 Å². The van der Waals surface area contributed by atoms with Gasteiger partial charge in [-0.25, -0.2) is 4.68 Å². The van der Waals surface area contributed by atoms with Crippen LogP contribution in [0.5, 0.6) is 5.88 Å². The first-order chi connectivity index (χ1) is 5.59. The first-order valence-electron chi connectivity index (χ1n) is 3.11. The zero-order chi connectivity index (χ0) is 9.14. The zero-order valence-electron chi connectivity index (χ0n) is 6.20. The van der Waals surface area contributed by atoms with E-state index in [0.717, 1.165) is 6.20 Å². The third kappa shape index (κ3) is 2.01. The lowest BCUT2D eigenvalue weighted by Crippen LogP contribution is -2.03. The second kappa shape index (κ2) is 3.29. The van der Waals surface area contributed by atoms with Crippen LogP contribution in [0.1, 0.15) is 13.5 Å². The summed E-state index contributed by atoms with van der Waals surface area (Å²) in [5.41, 5.74) is 0. The molecule has 0 saturated carbocycles. The van der Waals surface area contributed by atoms with Gasteiger partial charge in [0, 0.05) is 19.2 Å². The summed E-state index contributed by atoms with van der Waals surface area (Å²) in [7, 11) is 0. The topological polar surface area (TPSA) is 44.1 Å². The molecule has 66 valence electrons. The van der Waals surface area contributed by atoms with E-state index in [1.165, 1.54) is 13.0 Å². The van der Waals surface area contributed by atoms with Gasteiger partial charge in [-0.3, -0.25) is 4.79 Å². The SMILES string of the molecule is CC(=O)Oc1ccn(C(F)F)n1. The smallest absolute Gasteiger partial charge is 0.333 e. The van der Waals surface area contributed by atoms with E-state index in [1.54, 1.807) is 0 Å². The number of alkyl halides is 2. The number of esters is 1. The van der Waals surface area contributed by atoms with Crippen molar-refractivity contribution in [2.45, 2.75) is 13.5 Å². The van der Waals surface area contributed by atoms with E-state index in [1.807, 2.05) is 0 Å². The number of ether oxygens (including phenoxy) is 1. The van der Waals surface area contributed by atoms with E-state index >= 15 is 0 Å². The molecule has 0 amide bonds. The highest BCUT2D eigenvalue weighted by molar-refractivity contribution is 5.68. The molecule has 6 heteroatoms. The fourth-order valence-corrected chi connectivity index (χ4v) is 0.631. The van der Waals surface area contributed by atoms with E-state index < -0.39 is 12.5 Å². The molecule has 0 bridgehead atoms. The van der Waals surface area contributed by atoms with Gasteiger partial charge in [0.2, 0.25) is 5.88 Å². The third-order valence-corrected chi connectivity index (χ3v) is 1.03. The van der Waals surface area contributed by atoms with Crippen LogP contribution in [-0.4, -0.2) is 15.7 Å². The molecule has 0 unspecified atom stereocenters. The van der Waals surface area contributed by atoms with Crippen molar-refractivity contribution in [3.05, 3.63) is 12.3 Å². The van der Waals surface area contributed by atoms with Gasteiger partial charge < -0.3 is 4.74 Å². The number of halogens is 2. The van der Waals surface area contributed by atoms with Crippen molar-refractivity contribution in [2.24, 2.45) is 0 Å². The molecule has 1 aromatic rings. The summed E-state index contributed by atoms with van der Waals surface area (Å²) in [6.07, 6.45) is 1.03. The van der Waals surface area contributed by atoms with Crippen molar-refractivity contribution < 1.29 is 18.3 Å². The molecule has 0 atom stereocenters. The van der Waals surface area contributed by atoms with Crippen LogP contribution >= 0.6 is 0 Å². The standard InChI is InChI=1S/C6H6F2N2O2/c1-4(11)12-5-2-3-10(9-5)6(7)8/h2-3,6H,1H3. The summed E-state index contributed by atoms with van der Waals surface area (Å²) in [6.45, 7) is -1.55. The van der Waals surface area contributed by atoms with Gasteiger partial charge >= 0.3 is 12.5 Å². The zero-order valence-corrected chi connectivity index (χ0v) is 6.20. The summed E-state index contributed by atoms with van der Waals surface area (Å²) in [6, 6.07) is 1.19. The number of rotatable bonds is 2. The number of nitrogens with zero attached hydrogens (tertiary/aromatic N) is 2. The number of aromatic nitrogens is 2. The maximum absolute atomic E-state index is 11.9. The Morgan fingerprint density at radius 3 is 2.83 bits per heavy atom. The van der Waals surface area contributed by atoms with Crippen LogP contribution in [0.3, 0.4) is 0 Å². The maximum atomic E-state index is 11.9. The van der Waals surface area contributed by atoms with Gasteiger partial charge in [-0.15, -0.1) is 5.10 Å². The Bertz CT molecular complexity index is 285. The molecule has 0 spiro atoms. The molecule has 0 fully saturated rings. The highest BCUT2D eigenvalue weighted by atomic mass is 19.3. The van der Waals surface area contributed by atoms with Crippen LogP contribution in [0.4, 0.5) is 8.78 Å². The van der Waals surface area contributed by atoms with Crippen molar-refractivity contribution in [2.75, 3.05) is 0 Å². The number of carbonyl (C=O) groups excluding carboxylic acids is 1. The first kappa shape index (κ1) is 8.63. The molecule has 0 saturated heterocycles. The predicted molar refractivity (Wildman–Crippen MR) is 34.8 cm³/mol. The van der Waals surface area contributed by atoms with Gasteiger partial charge in [-0.2, -0.15) is 8.78 Å². The third-order valence-electron chi connectivity index (χ3n) is 1.03. The summed E-state index contributed by atoms with van der Waals surface area (Å²) in [4.78, 5) is 10.3. The number of carbonyl (C=O) groups is 1. The molecular weight excluding hydrogens is 170 g/mol. The molecule has 0 aliphatic rings. The van der Waals surface area contributed by atoms with E-state index in [4.69, 9.17) is 0 Å². The molecule has 1 rings (SSSR count). The van der Waals surface area contributed by atoms with Crippen molar-refractivity contribution in [1.82, 2.24) is 9.78 Å². The Labute approximate surface area is 66.7 Å². The fourth-order valence-electron chi connectivity index (χ4n) is 0.631. The molecule has 0 radical (unpaired) electrons. The molecule has 0 aromatic carbocycles. The maximum Gasteiger partial charge on any atom is 0.333 e. The fraction of sp³-hybridized carbons (Fsp3) is 0.333. The van der Waals surface area contributed by atoms with E-state index in [-0.39, 0.29) is 5.88 Å². The Morgan fingerprint density at radius 2 is 2.42 bits per heavy atom. The van der Waals surface area contributed by atoms with Crippen LogP contribution in [0.15, 0.2) is 12.3 Å². The molecule has 1 aromatic heterocycles. The van der Waals surface area contributed by atoms with Crippen LogP contribution in [0.2, 0.25) is 0 Å². The Kier molecular flexibility index (Phi) is 2.37. The van der Waals surface area contributed by atoms with E-state index in [9.17, 15) is 13.6 Å². The van der Waals surface area contributed by atoms with E-state index in [0.29, 0.717) is 4.68 Å². The summed E-state index contributed by atoms with van der Waals surface area (Å²) in [5.74, 6) is -0.711. The van der Waals surface area contributed by atoms with Gasteiger partial charge in [-0.1, -0.05) is 0 Å². The lowest BCUT2D eigenvalue weighted by molar-refractivity contribution is -0.132. The number of hydrogen-bond donors (Lipinski definition) is 0. The van der Waals surface area contributed by atoms with Gasteiger partial charge in [0.15, 0.2) is 0 Å². The first-order valence-corrected chi connectivity index (χ1v) is 3.11. The predicted octanol–water partition coefficient (Wildman–Crippen LogP) is 1.20. The Hall–Kier alpha value is -1.46. The minimum absolute atomic E-state index is 0.122. The molecule has 12 heavy (non-hydrogen) atoms.